The Morgan fingerprint density at radius 1 is 0.947 bits per heavy atom. The van der Waals surface area contributed by atoms with Crippen LogP contribution < -0.4 is 0 Å². The summed E-state index contributed by atoms with van der Waals surface area (Å²) in [6.45, 7) is 0. The van der Waals surface area contributed by atoms with Crippen LogP contribution in [0.15, 0.2) is 34.8 Å². The zero-order valence-electron chi connectivity index (χ0n) is 9.23. The van der Waals surface area contributed by atoms with Crippen molar-refractivity contribution in [2.24, 2.45) is 0 Å². The Labute approximate surface area is 129 Å². The molecule has 0 fully saturated rings. The molecule has 2 aromatic rings. The van der Waals surface area contributed by atoms with Crippen LogP contribution in [-0.4, -0.2) is 0 Å². The van der Waals surface area contributed by atoms with Crippen molar-refractivity contribution >= 4 is 43.5 Å². The third kappa shape index (κ3) is 3.15. The Kier molecular flexibility index (Phi) is 4.58. The van der Waals surface area contributed by atoms with E-state index in [-0.39, 0.29) is 15.1 Å². The molecule has 0 aromatic heterocycles. The van der Waals surface area contributed by atoms with E-state index in [0.717, 1.165) is 12.1 Å². The van der Waals surface area contributed by atoms with E-state index in [2.05, 4.69) is 31.9 Å². The van der Waals surface area contributed by atoms with E-state index >= 15 is 0 Å². The summed E-state index contributed by atoms with van der Waals surface area (Å²) in [6.07, 6.45) is 0. The van der Waals surface area contributed by atoms with Crippen molar-refractivity contribution in [3.8, 4) is 0 Å². The van der Waals surface area contributed by atoms with E-state index in [1.54, 1.807) is 0 Å². The molecule has 0 radical (unpaired) electrons. The van der Waals surface area contributed by atoms with Crippen LogP contribution in [0.5, 0.6) is 0 Å². The van der Waals surface area contributed by atoms with Crippen LogP contribution in [0.25, 0.3) is 0 Å². The molecule has 0 aliphatic heterocycles. The van der Waals surface area contributed by atoms with Crippen LogP contribution in [-0.2, 0) is 0 Å². The van der Waals surface area contributed by atoms with Crippen molar-refractivity contribution in [1.82, 2.24) is 0 Å². The molecule has 0 nitrogen and oxygen atoms in total. The van der Waals surface area contributed by atoms with Gasteiger partial charge >= 0.3 is 0 Å². The third-order valence-corrected chi connectivity index (χ3v) is 4.47. The topological polar surface area (TPSA) is 0 Å². The molecule has 0 amide bonds. The first-order valence-corrected chi connectivity index (χ1v) is 7.22. The lowest BCUT2D eigenvalue weighted by molar-refractivity contribution is 0.588. The van der Waals surface area contributed by atoms with Crippen LogP contribution in [0, 0.1) is 17.5 Å². The van der Waals surface area contributed by atoms with Crippen molar-refractivity contribution < 1.29 is 13.2 Å². The van der Waals surface area contributed by atoms with E-state index < -0.39 is 22.3 Å². The molecule has 0 saturated heterocycles. The molecule has 0 saturated carbocycles. The van der Waals surface area contributed by atoms with Gasteiger partial charge in [0.05, 0.1) is 14.3 Å². The smallest absolute Gasteiger partial charge is 0.142 e. The Morgan fingerprint density at radius 2 is 1.63 bits per heavy atom. The lowest BCUT2D eigenvalue weighted by atomic mass is 10.0. The molecule has 0 spiro atoms. The largest absolute Gasteiger partial charge is 0.207 e. The van der Waals surface area contributed by atoms with Crippen molar-refractivity contribution in [1.29, 1.82) is 0 Å². The lowest BCUT2D eigenvalue weighted by Gasteiger charge is -2.13. The third-order valence-electron chi connectivity index (χ3n) is 2.55. The Morgan fingerprint density at radius 3 is 2.26 bits per heavy atom. The summed E-state index contributed by atoms with van der Waals surface area (Å²) in [6, 6.07) is 6.18. The Balaban J connectivity index is 2.46. The van der Waals surface area contributed by atoms with E-state index in [4.69, 9.17) is 11.6 Å². The number of alkyl halides is 1. The van der Waals surface area contributed by atoms with Gasteiger partial charge in [0.15, 0.2) is 0 Å². The summed E-state index contributed by atoms with van der Waals surface area (Å²) in [5.41, 5.74) is 0.689. The highest BCUT2D eigenvalue weighted by Crippen LogP contribution is 2.35. The predicted octanol–water partition coefficient (Wildman–Crippen LogP) is 6.00. The molecule has 0 aliphatic carbocycles. The van der Waals surface area contributed by atoms with Gasteiger partial charge in [0.2, 0.25) is 0 Å². The summed E-state index contributed by atoms with van der Waals surface area (Å²) in [5.74, 6) is -1.76. The maximum Gasteiger partial charge on any atom is 0.142 e. The Bertz CT molecular complexity index is 632. The predicted molar refractivity (Wildman–Crippen MR) is 76.2 cm³/mol. The number of halogens is 6. The van der Waals surface area contributed by atoms with Gasteiger partial charge in [-0.05, 0) is 45.8 Å². The maximum absolute atomic E-state index is 13.8. The minimum Gasteiger partial charge on any atom is -0.207 e. The number of benzene rings is 2. The Hall–Kier alpha value is -0.520. The van der Waals surface area contributed by atoms with Crippen LogP contribution >= 0.6 is 43.5 Å². The van der Waals surface area contributed by atoms with Crippen LogP contribution in [0.4, 0.5) is 13.2 Å². The van der Waals surface area contributed by atoms with Gasteiger partial charge in [0, 0.05) is 5.56 Å². The van der Waals surface area contributed by atoms with Gasteiger partial charge in [0.25, 0.3) is 0 Å². The number of hydrogen-bond acceptors (Lipinski definition) is 0. The first-order valence-electron chi connectivity index (χ1n) is 5.13. The monoisotopic (exact) mass is 412 g/mol. The normalized spacial score (nSPS) is 12.5. The van der Waals surface area contributed by atoms with Gasteiger partial charge in [-0.1, -0.05) is 33.6 Å². The van der Waals surface area contributed by atoms with Gasteiger partial charge in [0.1, 0.15) is 17.5 Å². The van der Waals surface area contributed by atoms with E-state index in [1.165, 1.54) is 18.2 Å². The second-order valence-corrected chi connectivity index (χ2v) is 6.00. The highest BCUT2D eigenvalue weighted by Gasteiger charge is 2.18. The molecule has 2 rings (SSSR count). The van der Waals surface area contributed by atoms with Crippen molar-refractivity contribution in [2.45, 2.75) is 4.83 Å². The quantitative estimate of drug-likeness (QED) is 0.417. The first kappa shape index (κ1) is 14.9. The molecule has 6 heteroatoms. The fraction of sp³-hybridized carbons (Fsp3) is 0.0769. The summed E-state index contributed by atoms with van der Waals surface area (Å²) in [4.78, 5) is -0.601. The highest BCUT2D eigenvalue weighted by molar-refractivity contribution is 9.10. The van der Waals surface area contributed by atoms with Crippen molar-refractivity contribution in [2.75, 3.05) is 0 Å². The molecule has 0 aliphatic rings. The minimum absolute atomic E-state index is 0.0976. The second-order valence-electron chi connectivity index (χ2n) is 3.82. The molecule has 0 N–H and O–H groups in total. The molecule has 19 heavy (non-hydrogen) atoms. The summed E-state index contributed by atoms with van der Waals surface area (Å²) in [5, 5.41) is -0.277. The van der Waals surface area contributed by atoms with E-state index in [9.17, 15) is 13.2 Å². The number of hydrogen-bond donors (Lipinski definition) is 0. The fourth-order valence-corrected chi connectivity index (χ4v) is 2.76. The summed E-state index contributed by atoms with van der Waals surface area (Å²) in [7, 11) is 0. The number of rotatable bonds is 2. The average molecular weight is 414 g/mol. The van der Waals surface area contributed by atoms with Gasteiger partial charge in [-0.25, -0.2) is 13.2 Å². The molecule has 0 heterocycles. The standard InChI is InChI=1S/C13H6Br2ClF3/c14-8-3-6(1-2-10(8)17)13(15)7-4-12(19)9(16)5-11(7)18/h1-5,13H. The molecular formula is C13H6Br2ClF3. The van der Waals surface area contributed by atoms with Crippen molar-refractivity contribution in [3.63, 3.8) is 0 Å². The van der Waals surface area contributed by atoms with E-state index in [1.807, 2.05) is 0 Å². The first-order chi connectivity index (χ1) is 8.90. The molecule has 0 bridgehead atoms. The van der Waals surface area contributed by atoms with Crippen LogP contribution in [0.2, 0.25) is 5.02 Å². The lowest BCUT2D eigenvalue weighted by Crippen LogP contribution is -1.99. The minimum atomic E-state index is -0.705. The van der Waals surface area contributed by atoms with Gasteiger partial charge in [-0.15, -0.1) is 0 Å². The zero-order valence-corrected chi connectivity index (χ0v) is 13.2. The maximum atomic E-state index is 13.8. The average Bonchev–Trinajstić information content (AvgIpc) is 2.36. The SMILES string of the molecule is Fc1cc(C(Br)c2ccc(F)c(Br)c2)c(F)cc1Cl. The molecule has 100 valence electrons. The van der Waals surface area contributed by atoms with Gasteiger partial charge < -0.3 is 0 Å². The van der Waals surface area contributed by atoms with Crippen LogP contribution in [0.1, 0.15) is 16.0 Å². The van der Waals surface area contributed by atoms with E-state index in [0.29, 0.717) is 5.56 Å². The summed E-state index contributed by atoms with van der Waals surface area (Å²) >= 11 is 11.8. The van der Waals surface area contributed by atoms with Crippen LogP contribution in [0.3, 0.4) is 0 Å². The van der Waals surface area contributed by atoms with Gasteiger partial charge in [-0.2, -0.15) is 0 Å². The fourth-order valence-electron chi connectivity index (χ4n) is 1.58. The second kappa shape index (κ2) is 5.85. The van der Waals surface area contributed by atoms with Gasteiger partial charge in [-0.3, -0.25) is 0 Å². The molecule has 1 unspecified atom stereocenters. The highest BCUT2D eigenvalue weighted by atomic mass is 79.9. The summed E-state index contributed by atoms with van der Waals surface area (Å²) < 4.78 is 40.6. The zero-order chi connectivity index (χ0) is 14.2. The van der Waals surface area contributed by atoms with Crippen molar-refractivity contribution in [3.05, 3.63) is 68.4 Å². The molecular weight excluding hydrogens is 408 g/mol. The molecule has 1 atom stereocenters. The molecule has 2 aromatic carbocycles.